The van der Waals surface area contributed by atoms with Gasteiger partial charge in [-0.05, 0) is 93.1 Å². The Morgan fingerprint density at radius 2 is 1.41 bits per heavy atom. The van der Waals surface area contributed by atoms with Crippen molar-refractivity contribution in [3.63, 3.8) is 0 Å². The number of methoxy groups -OCH3 is 1. The molecule has 0 radical (unpaired) electrons. The molecule has 1 saturated heterocycles. The lowest BCUT2D eigenvalue weighted by Crippen LogP contribution is -2.50. The molecule has 1 aliphatic rings. The van der Waals surface area contributed by atoms with Crippen LogP contribution >= 0.6 is 0 Å². The van der Waals surface area contributed by atoms with Crippen LogP contribution in [0.2, 0.25) is 0 Å². The molecule has 0 spiro atoms. The van der Waals surface area contributed by atoms with Crippen molar-refractivity contribution in [1.29, 1.82) is 5.26 Å². The number of likely N-dealkylation sites (tertiary alicyclic amines) is 1. The summed E-state index contributed by atoms with van der Waals surface area (Å²) >= 11 is 0. The van der Waals surface area contributed by atoms with E-state index in [0.29, 0.717) is 50.1 Å². The first kappa shape index (κ1) is 61.2. The van der Waals surface area contributed by atoms with E-state index in [1.807, 2.05) is 48.5 Å². The van der Waals surface area contributed by atoms with Crippen LogP contribution < -0.4 is 16.0 Å². The van der Waals surface area contributed by atoms with E-state index in [1.165, 1.54) is 31.9 Å². The summed E-state index contributed by atoms with van der Waals surface area (Å²) in [6, 6.07) is 21.8. The first-order valence-electron chi connectivity index (χ1n) is 19.8. The lowest BCUT2D eigenvalue weighted by Gasteiger charge is -2.27. The summed E-state index contributed by atoms with van der Waals surface area (Å²) in [4.78, 5) is 38.7. The maximum atomic E-state index is 12.9. The number of unbranched alkanes of at least 4 members (excludes halogenated alkanes) is 1. The summed E-state index contributed by atoms with van der Waals surface area (Å²) in [6.07, 6.45) is 38.4. The van der Waals surface area contributed by atoms with E-state index in [1.54, 1.807) is 25.0 Å². The molecule has 4 rings (SSSR count). The number of amides is 3. The van der Waals surface area contributed by atoms with E-state index in [-0.39, 0.29) is 17.7 Å². The molecule has 61 heavy (non-hydrogen) atoms. The summed E-state index contributed by atoms with van der Waals surface area (Å²) in [6.45, 7) is 13.0. The summed E-state index contributed by atoms with van der Waals surface area (Å²) in [5.41, 5.74) is 3.46. The standard InChI is InChI=1S/C22H34N4O3.C9H9NO.C7H6F2.C4H10.4C2H2/c1-3-13-23-14-7-15-24-21(28)20(11-10-18-8-5-4-6-9-18)26-16-12-19(22(26)29)25-17(2)27;1-11-7-9-4-2-3-8(5-9)6-10;1-5-2-6(8)4-7(9)3-5;1-3-4-2;4*1-2/h4-6,8-9,19-20,23H,3,7,10-16H2,1-2H3,(H,24,28)(H,25,27);2-5H,7H2,1H3;2-4H,1H3;3-4H2,1-2H3;4*1-2H/t19-,20+;;;;;;;/m1......./s1. The Bertz CT molecular complexity index is 1640. The number of halogens is 2. The molecule has 0 aromatic heterocycles. The molecule has 0 saturated carbocycles. The zero-order valence-corrected chi connectivity index (χ0v) is 37.0. The Morgan fingerprint density at radius 3 is 1.90 bits per heavy atom. The van der Waals surface area contributed by atoms with E-state index in [0.717, 1.165) is 43.1 Å². The van der Waals surface area contributed by atoms with Crippen molar-refractivity contribution in [3.05, 3.63) is 107 Å². The highest BCUT2D eigenvalue weighted by Gasteiger charge is 2.38. The number of rotatable bonds is 15. The maximum Gasteiger partial charge on any atom is 0.245 e. The van der Waals surface area contributed by atoms with Crippen LogP contribution in [0.25, 0.3) is 0 Å². The van der Waals surface area contributed by atoms with Crippen LogP contribution in [-0.2, 0) is 32.1 Å². The van der Waals surface area contributed by atoms with Crippen molar-refractivity contribution in [3.8, 4) is 57.5 Å². The topological polar surface area (TPSA) is 124 Å². The monoisotopic (exact) mass is 840 g/mol. The van der Waals surface area contributed by atoms with E-state index in [9.17, 15) is 23.2 Å². The fourth-order valence-corrected chi connectivity index (χ4v) is 5.20. The molecule has 0 bridgehead atoms. The van der Waals surface area contributed by atoms with Crippen LogP contribution in [0.15, 0.2) is 72.8 Å². The van der Waals surface area contributed by atoms with Gasteiger partial charge in [-0.1, -0.05) is 76.1 Å². The summed E-state index contributed by atoms with van der Waals surface area (Å²) in [5, 5.41) is 17.5. The van der Waals surface area contributed by atoms with E-state index in [2.05, 4.69) is 94.2 Å². The normalized spacial score (nSPS) is 11.9. The molecule has 0 unspecified atom stereocenters. The lowest BCUT2D eigenvalue weighted by atomic mass is 10.0. The number of hydrogen-bond acceptors (Lipinski definition) is 6. The van der Waals surface area contributed by atoms with E-state index >= 15 is 0 Å². The molecular weight excluding hydrogens is 773 g/mol. The number of benzene rings is 3. The average molecular weight is 840 g/mol. The number of carbonyl (C=O) groups excluding carboxylic acids is 3. The smallest absolute Gasteiger partial charge is 0.245 e. The van der Waals surface area contributed by atoms with Crippen molar-refractivity contribution in [2.24, 2.45) is 0 Å². The SMILES string of the molecule is C#C.C#C.C#C.C#C.CCCC.CCCNCCCNC(=O)[C@H](CCc1ccccc1)N1CC[C@@H](NC(C)=O)C1=O.COCc1cccc(C#N)c1.Cc1cc(F)cc(F)c1. The lowest BCUT2D eigenvalue weighted by molar-refractivity contribution is -0.139. The van der Waals surface area contributed by atoms with Gasteiger partial charge in [-0.3, -0.25) is 14.4 Å². The van der Waals surface area contributed by atoms with E-state index < -0.39 is 23.7 Å². The third-order valence-electron chi connectivity index (χ3n) is 7.98. The number of nitrogens with one attached hydrogen (secondary N) is 3. The van der Waals surface area contributed by atoms with Crippen molar-refractivity contribution >= 4 is 17.7 Å². The predicted molar refractivity (Wildman–Crippen MR) is 246 cm³/mol. The molecule has 1 fully saturated rings. The zero-order chi connectivity index (χ0) is 47.4. The van der Waals surface area contributed by atoms with Crippen molar-refractivity contribution < 1.29 is 27.9 Å². The van der Waals surface area contributed by atoms with Crippen LogP contribution in [0.4, 0.5) is 8.78 Å². The first-order chi connectivity index (χ1) is 29.5. The molecule has 3 aromatic rings. The Morgan fingerprint density at radius 1 is 0.836 bits per heavy atom. The Labute approximate surface area is 366 Å². The first-order valence-corrected chi connectivity index (χ1v) is 19.8. The molecule has 11 heteroatoms. The van der Waals surface area contributed by atoms with E-state index in [4.69, 9.17) is 10.00 Å². The van der Waals surface area contributed by atoms with Gasteiger partial charge in [-0.15, -0.1) is 51.4 Å². The zero-order valence-electron chi connectivity index (χ0n) is 37.0. The number of carbonyl (C=O) groups is 3. The Hall–Kier alpha value is -6.42. The van der Waals surface area contributed by atoms with Gasteiger partial charge in [0, 0.05) is 33.2 Å². The highest BCUT2D eigenvalue weighted by Crippen LogP contribution is 2.19. The van der Waals surface area contributed by atoms with Gasteiger partial charge in [0.1, 0.15) is 23.7 Å². The minimum Gasteiger partial charge on any atom is -0.380 e. The van der Waals surface area contributed by atoms with Gasteiger partial charge in [0.2, 0.25) is 17.7 Å². The molecule has 9 nitrogen and oxygen atoms in total. The van der Waals surface area contributed by atoms with Crippen molar-refractivity contribution in [2.45, 2.75) is 98.3 Å². The number of hydrogen-bond donors (Lipinski definition) is 3. The minimum atomic E-state index is -0.530. The second-order valence-electron chi connectivity index (χ2n) is 12.7. The molecule has 3 N–H and O–H groups in total. The second-order valence-corrected chi connectivity index (χ2v) is 12.7. The second kappa shape index (κ2) is 43.2. The third-order valence-corrected chi connectivity index (χ3v) is 7.98. The summed E-state index contributed by atoms with van der Waals surface area (Å²) in [5.74, 6) is -1.55. The Balaban J connectivity index is -0.000000414. The fourth-order valence-electron chi connectivity index (χ4n) is 5.20. The highest BCUT2D eigenvalue weighted by molar-refractivity contribution is 5.93. The molecule has 1 heterocycles. The van der Waals surface area contributed by atoms with Gasteiger partial charge in [0.05, 0.1) is 18.2 Å². The maximum absolute atomic E-state index is 12.9. The Kier molecular flexibility index (Phi) is 43.3. The van der Waals surface area contributed by atoms with Crippen molar-refractivity contribution in [1.82, 2.24) is 20.9 Å². The summed E-state index contributed by atoms with van der Waals surface area (Å²) < 4.78 is 29.3. The molecule has 330 valence electrons. The van der Waals surface area contributed by atoms with Crippen LogP contribution in [0.5, 0.6) is 0 Å². The van der Waals surface area contributed by atoms with Gasteiger partial charge in [-0.2, -0.15) is 5.26 Å². The van der Waals surface area contributed by atoms with Gasteiger partial charge in [0.15, 0.2) is 0 Å². The molecule has 3 aromatic carbocycles. The van der Waals surface area contributed by atoms with Crippen LogP contribution in [0, 0.1) is 81.3 Å². The largest absolute Gasteiger partial charge is 0.380 e. The highest BCUT2D eigenvalue weighted by atomic mass is 19.1. The van der Waals surface area contributed by atoms with Crippen LogP contribution in [0.1, 0.15) is 88.5 Å². The molecule has 0 aliphatic carbocycles. The van der Waals surface area contributed by atoms with Gasteiger partial charge < -0.3 is 25.6 Å². The fraction of sp³-hybridized carbons (Fsp3) is 0.400. The predicted octanol–water partition coefficient (Wildman–Crippen LogP) is 8.01. The average Bonchev–Trinajstić information content (AvgIpc) is 3.63. The van der Waals surface area contributed by atoms with Crippen molar-refractivity contribution in [2.75, 3.05) is 33.3 Å². The third kappa shape index (κ3) is 31.2. The van der Waals surface area contributed by atoms with Gasteiger partial charge in [0.25, 0.3) is 0 Å². The quantitative estimate of drug-likeness (QED) is 0.105. The number of ether oxygens (including phenoxy) is 1. The molecular formula is C50H67F2N5O4. The number of terminal acetylenes is 4. The number of aryl methyl sites for hydroxylation is 2. The minimum absolute atomic E-state index is 0.117. The number of nitriles is 1. The number of nitrogens with zero attached hydrogens (tertiary/aromatic N) is 2. The van der Waals surface area contributed by atoms with Crippen LogP contribution in [0.3, 0.4) is 0 Å². The molecule has 2 atom stereocenters. The van der Waals surface area contributed by atoms with Gasteiger partial charge >= 0.3 is 0 Å². The van der Waals surface area contributed by atoms with Gasteiger partial charge in [-0.25, -0.2) is 8.78 Å². The molecule has 1 aliphatic heterocycles. The molecule has 3 amide bonds. The van der Waals surface area contributed by atoms with Crippen LogP contribution in [-0.4, -0.2) is 68.0 Å². The summed E-state index contributed by atoms with van der Waals surface area (Å²) in [7, 11) is 1.64.